The van der Waals surface area contributed by atoms with Crippen molar-refractivity contribution in [1.82, 2.24) is 0 Å². The largest absolute Gasteiger partial charge is 0.381 e. The zero-order valence-electron chi connectivity index (χ0n) is 7.97. The van der Waals surface area contributed by atoms with Crippen LogP contribution in [0, 0.1) is 10.5 Å². The van der Waals surface area contributed by atoms with E-state index < -0.39 is 0 Å². The molecule has 0 aliphatic carbocycles. The van der Waals surface area contributed by atoms with Crippen LogP contribution in [-0.4, -0.2) is 12.6 Å². The summed E-state index contributed by atoms with van der Waals surface area (Å²) in [6.07, 6.45) is 0. The van der Waals surface area contributed by atoms with E-state index in [9.17, 15) is 0 Å². The molecule has 0 bridgehead atoms. The standard InChI is InChI=1S/C10H15IN2/c1-7-3-4-9(5-10(7)11)13-8(2)6-12/h3-5,8,13H,6,12H2,1-2H3. The maximum Gasteiger partial charge on any atom is 0.0355 e. The minimum Gasteiger partial charge on any atom is -0.381 e. The molecule has 3 heteroatoms. The monoisotopic (exact) mass is 290 g/mol. The van der Waals surface area contributed by atoms with E-state index in [-0.39, 0.29) is 0 Å². The van der Waals surface area contributed by atoms with Crippen molar-refractivity contribution in [1.29, 1.82) is 0 Å². The van der Waals surface area contributed by atoms with E-state index in [4.69, 9.17) is 5.73 Å². The van der Waals surface area contributed by atoms with Crippen molar-refractivity contribution in [2.45, 2.75) is 19.9 Å². The first kappa shape index (κ1) is 10.8. The summed E-state index contributed by atoms with van der Waals surface area (Å²) in [6.45, 7) is 4.84. The second kappa shape index (κ2) is 4.81. The highest BCUT2D eigenvalue weighted by atomic mass is 127. The Hall–Kier alpha value is -0.290. The van der Waals surface area contributed by atoms with E-state index in [2.05, 4.69) is 60.0 Å². The van der Waals surface area contributed by atoms with Crippen LogP contribution in [0.4, 0.5) is 5.69 Å². The molecule has 1 atom stereocenters. The molecule has 0 spiro atoms. The lowest BCUT2D eigenvalue weighted by Gasteiger charge is -2.13. The Bertz CT molecular complexity index is 286. The summed E-state index contributed by atoms with van der Waals surface area (Å²) < 4.78 is 1.28. The zero-order chi connectivity index (χ0) is 9.84. The molecule has 0 heterocycles. The molecule has 1 rings (SSSR count). The highest BCUT2D eigenvalue weighted by Crippen LogP contribution is 2.17. The second-order valence-electron chi connectivity index (χ2n) is 3.25. The predicted octanol–water partition coefficient (Wildman–Crippen LogP) is 2.36. The van der Waals surface area contributed by atoms with Crippen LogP contribution < -0.4 is 11.1 Å². The van der Waals surface area contributed by atoms with E-state index in [1.54, 1.807) is 0 Å². The third-order valence-corrected chi connectivity index (χ3v) is 3.10. The SMILES string of the molecule is Cc1ccc(NC(C)CN)cc1I. The smallest absolute Gasteiger partial charge is 0.0355 e. The van der Waals surface area contributed by atoms with Crippen LogP contribution in [0.25, 0.3) is 0 Å². The van der Waals surface area contributed by atoms with Gasteiger partial charge in [0.15, 0.2) is 0 Å². The van der Waals surface area contributed by atoms with Crippen molar-refractivity contribution in [3.8, 4) is 0 Å². The van der Waals surface area contributed by atoms with Gasteiger partial charge < -0.3 is 11.1 Å². The predicted molar refractivity (Wildman–Crippen MR) is 66.0 cm³/mol. The molecule has 0 aromatic heterocycles. The van der Waals surface area contributed by atoms with Gasteiger partial charge in [0.05, 0.1) is 0 Å². The molecular weight excluding hydrogens is 275 g/mol. The zero-order valence-corrected chi connectivity index (χ0v) is 10.1. The second-order valence-corrected chi connectivity index (χ2v) is 4.41. The average Bonchev–Trinajstić information content (AvgIpc) is 2.11. The number of halogens is 1. The maximum absolute atomic E-state index is 5.52. The van der Waals surface area contributed by atoms with Gasteiger partial charge >= 0.3 is 0 Å². The average molecular weight is 290 g/mol. The molecular formula is C10H15IN2. The molecule has 0 saturated carbocycles. The third-order valence-electron chi connectivity index (χ3n) is 1.94. The van der Waals surface area contributed by atoms with Crippen LogP contribution in [0.15, 0.2) is 18.2 Å². The Labute approximate surface area is 93.0 Å². The lowest BCUT2D eigenvalue weighted by atomic mass is 10.2. The molecule has 0 radical (unpaired) electrons. The molecule has 0 saturated heterocycles. The number of nitrogens with one attached hydrogen (secondary N) is 1. The molecule has 0 aliphatic heterocycles. The summed E-state index contributed by atoms with van der Waals surface area (Å²) in [6, 6.07) is 6.68. The minimum atomic E-state index is 0.332. The van der Waals surface area contributed by atoms with Crippen molar-refractivity contribution in [2.24, 2.45) is 5.73 Å². The third kappa shape index (κ3) is 3.15. The van der Waals surface area contributed by atoms with Crippen molar-refractivity contribution >= 4 is 28.3 Å². The summed E-state index contributed by atoms with van der Waals surface area (Å²) in [5, 5.41) is 3.33. The number of benzene rings is 1. The van der Waals surface area contributed by atoms with Gasteiger partial charge in [-0.1, -0.05) is 6.07 Å². The number of anilines is 1. The fourth-order valence-corrected chi connectivity index (χ4v) is 1.54. The van der Waals surface area contributed by atoms with Crippen molar-refractivity contribution in [2.75, 3.05) is 11.9 Å². The number of rotatable bonds is 3. The number of aryl methyl sites for hydroxylation is 1. The van der Waals surface area contributed by atoms with Crippen LogP contribution in [0.2, 0.25) is 0 Å². The van der Waals surface area contributed by atoms with Gasteiger partial charge in [-0.2, -0.15) is 0 Å². The Kier molecular flexibility index (Phi) is 3.99. The molecule has 0 amide bonds. The molecule has 2 nitrogen and oxygen atoms in total. The Balaban J connectivity index is 2.73. The van der Waals surface area contributed by atoms with Crippen molar-refractivity contribution in [3.05, 3.63) is 27.3 Å². The highest BCUT2D eigenvalue weighted by Gasteiger charge is 2.00. The van der Waals surface area contributed by atoms with Gasteiger partial charge in [-0.3, -0.25) is 0 Å². The maximum atomic E-state index is 5.52. The van der Waals surface area contributed by atoms with E-state index in [0.717, 1.165) is 5.69 Å². The Morgan fingerprint density at radius 1 is 1.54 bits per heavy atom. The van der Waals surface area contributed by atoms with Gasteiger partial charge in [-0.05, 0) is 54.1 Å². The molecule has 0 aliphatic rings. The van der Waals surface area contributed by atoms with E-state index in [0.29, 0.717) is 12.6 Å². The summed E-state index contributed by atoms with van der Waals surface area (Å²) in [5.74, 6) is 0. The molecule has 13 heavy (non-hydrogen) atoms. The lowest BCUT2D eigenvalue weighted by Crippen LogP contribution is -2.25. The Morgan fingerprint density at radius 2 is 2.23 bits per heavy atom. The van der Waals surface area contributed by atoms with Crippen LogP contribution >= 0.6 is 22.6 Å². The van der Waals surface area contributed by atoms with Gasteiger partial charge in [0.1, 0.15) is 0 Å². The minimum absolute atomic E-state index is 0.332. The van der Waals surface area contributed by atoms with E-state index >= 15 is 0 Å². The topological polar surface area (TPSA) is 38.0 Å². The van der Waals surface area contributed by atoms with Crippen LogP contribution in [0.3, 0.4) is 0 Å². The van der Waals surface area contributed by atoms with Crippen LogP contribution in [-0.2, 0) is 0 Å². The van der Waals surface area contributed by atoms with Gasteiger partial charge in [0.2, 0.25) is 0 Å². The quantitative estimate of drug-likeness (QED) is 0.839. The highest BCUT2D eigenvalue weighted by molar-refractivity contribution is 14.1. The summed E-state index contributed by atoms with van der Waals surface area (Å²) in [4.78, 5) is 0. The van der Waals surface area contributed by atoms with E-state index in [1.165, 1.54) is 9.13 Å². The molecule has 1 aromatic rings. The lowest BCUT2D eigenvalue weighted by molar-refractivity contribution is 0.804. The molecule has 0 fully saturated rings. The van der Waals surface area contributed by atoms with Gasteiger partial charge in [0, 0.05) is 21.8 Å². The molecule has 1 unspecified atom stereocenters. The summed E-state index contributed by atoms with van der Waals surface area (Å²) in [5.41, 5.74) is 7.98. The fourth-order valence-electron chi connectivity index (χ4n) is 1.03. The fraction of sp³-hybridized carbons (Fsp3) is 0.400. The van der Waals surface area contributed by atoms with Gasteiger partial charge in [0.25, 0.3) is 0 Å². The normalized spacial score (nSPS) is 12.6. The van der Waals surface area contributed by atoms with Crippen LogP contribution in [0.1, 0.15) is 12.5 Å². The van der Waals surface area contributed by atoms with Crippen molar-refractivity contribution < 1.29 is 0 Å². The number of hydrogen-bond acceptors (Lipinski definition) is 2. The molecule has 3 N–H and O–H groups in total. The van der Waals surface area contributed by atoms with Crippen LogP contribution in [0.5, 0.6) is 0 Å². The summed E-state index contributed by atoms with van der Waals surface area (Å²) in [7, 11) is 0. The first-order chi connectivity index (χ1) is 6.13. The number of nitrogens with two attached hydrogens (primary N) is 1. The first-order valence-electron chi connectivity index (χ1n) is 4.36. The van der Waals surface area contributed by atoms with Gasteiger partial charge in [-0.25, -0.2) is 0 Å². The van der Waals surface area contributed by atoms with Gasteiger partial charge in [-0.15, -0.1) is 0 Å². The molecule has 1 aromatic carbocycles. The Morgan fingerprint density at radius 3 is 2.77 bits per heavy atom. The first-order valence-corrected chi connectivity index (χ1v) is 5.44. The molecule has 72 valence electrons. The summed E-state index contributed by atoms with van der Waals surface area (Å²) >= 11 is 2.34. The van der Waals surface area contributed by atoms with Crippen molar-refractivity contribution in [3.63, 3.8) is 0 Å². The number of hydrogen-bond donors (Lipinski definition) is 2. The van der Waals surface area contributed by atoms with E-state index in [1.807, 2.05) is 0 Å².